The van der Waals surface area contributed by atoms with E-state index in [1.165, 1.54) is 6.07 Å². The van der Waals surface area contributed by atoms with E-state index in [1.54, 1.807) is 12.1 Å². The molecule has 1 amide bonds. The van der Waals surface area contributed by atoms with E-state index in [4.69, 9.17) is 0 Å². The van der Waals surface area contributed by atoms with Gasteiger partial charge in [0.15, 0.2) is 0 Å². The molecule has 94 valence electrons. The summed E-state index contributed by atoms with van der Waals surface area (Å²) >= 11 is 0. The van der Waals surface area contributed by atoms with Crippen LogP contribution in [0.5, 0.6) is 0 Å². The van der Waals surface area contributed by atoms with Crippen molar-refractivity contribution in [3.05, 3.63) is 59.2 Å². The van der Waals surface area contributed by atoms with Gasteiger partial charge in [-0.25, -0.2) is 4.39 Å². The quantitative estimate of drug-likeness (QED) is 0.886. The molecule has 0 fully saturated rings. The van der Waals surface area contributed by atoms with Crippen LogP contribution in [-0.2, 0) is 13.6 Å². The Morgan fingerprint density at radius 1 is 1.39 bits per heavy atom. The van der Waals surface area contributed by atoms with E-state index < -0.39 is 5.82 Å². The molecule has 0 spiro atoms. The van der Waals surface area contributed by atoms with Gasteiger partial charge in [-0.15, -0.1) is 0 Å². The maximum Gasteiger partial charge on any atom is 0.254 e. The molecule has 0 aliphatic heterocycles. The fourth-order valence-corrected chi connectivity index (χ4v) is 1.76. The van der Waals surface area contributed by atoms with Gasteiger partial charge in [0.2, 0.25) is 0 Å². The molecule has 1 heterocycles. The van der Waals surface area contributed by atoms with E-state index in [9.17, 15) is 9.18 Å². The molecule has 1 aromatic carbocycles. The molecule has 18 heavy (non-hydrogen) atoms. The summed E-state index contributed by atoms with van der Waals surface area (Å²) in [5.74, 6) is -0.883. The summed E-state index contributed by atoms with van der Waals surface area (Å²) in [6.07, 6.45) is 3.81. The predicted molar refractivity (Wildman–Crippen MR) is 67.7 cm³/mol. The summed E-state index contributed by atoms with van der Waals surface area (Å²) in [4.78, 5) is 11.8. The van der Waals surface area contributed by atoms with Crippen molar-refractivity contribution < 1.29 is 9.18 Å². The zero-order valence-corrected chi connectivity index (χ0v) is 10.4. The average Bonchev–Trinajstić information content (AvgIpc) is 2.75. The highest BCUT2D eigenvalue weighted by atomic mass is 19.1. The molecule has 0 radical (unpaired) electrons. The van der Waals surface area contributed by atoms with Crippen molar-refractivity contribution in [3.8, 4) is 0 Å². The Bertz CT molecular complexity index is 575. The molecule has 0 saturated carbocycles. The first-order valence-electron chi connectivity index (χ1n) is 5.71. The average molecular weight is 246 g/mol. The monoisotopic (exact) mass is 246 g/mol. The number of carbonyl (C=O) groups excluding carboxylic acids is 1. The number of hydrogen-bond acceptors (Lipinski definition) is 1. The van der Waals surface area contributed by atoms with Gasteiger partial charge in [0.1, 0.15) is 5.82 Å². The van der Waals surface area contributed by atoms with E-state index in [1.807, 2.05) is 37.0 Å². The van der Waals surface area contributed by atoms with Gasteiger partial charge in [-0.2, -0.15) is 0 Å². The Morgan fingerprint density at radius 3 is 2.83 bits per heavy atom. The molecule has 0 bridgehead atoms. The molecule has 0 aliphatic carbocycles. The van der Waals surface area contributed by atoms with Gasteiger partial charge in [0.25, 0.3) is 5.91 Å². The highest BCUT2D eigenvalue weighted by Gasteiger charge is 2.11. The van der Waals surface area contributed by atoms with Gasteiger partial charge < -0.3 is 9.88 Å². The van der Waals surface area contributed by atoms with Crippen molar-refractivity contribution in [1.29, 1.82) is 0 Å². The first-order chi connectivity index (χ1) is 8.56. The zero-order valence-electron chi connectivity index (χ0n) is 10.4. The first-order valence-corrected chi connectivity index (χ1v) is 5.71. The third kappa shape index (κ3) is 2.77. The first kappa shape index (κ1) is 12.4. The maximum absolute atomic E-state index is 13.5. The number of carbonyl (C=O) groups is 1. The van der Waals surface area contributed by atoms with Crippen molar-refractivity contribution in [1.82, 2.24) is 9.88 Å². The minimum atomic E-state index is -0.494. The lowest BCUT2D eigenvalue weighted by molar-refractivity contribution is 0.0947. The van der Waals surface area contributed by atoms with Crippen LogP contribution in [0.25, 0.3) is 0 Å². The van der Waals surface area contributed by atoms with Crippen LogP contribution in [0.1, 0.15) is 21.5 Å². The van der Waals surface area contributed by atoms with Gasteiger partial charge in [-0.3, -0.25) is 4.79 Å². The lowest BCUT2D eigenvalue weighted by Gasteiger charge is -2.06. The number of halogens is 1. The van der Waals surface area contributed by atoms with Gasteiger partial charge in [0.05, 0.1) is 5.56 Å². The summed E-state index contributed by atoms with van der Waals surface area (Å²) in [6.45, 7) is 2.22. The van der Waals surface area contributed by atoms with Crippen LogP contribution in [0.3, 0.4) is 0 Å². The summed E-state index contributed by atoms with van der Waals surface area (Å²) in [5.41, 5.74) is 1.94. The third-order valence-electron chi connectivity index (χ3n) is 2.71. The molecule has 0 unspecified atom stereocenters. The minimum absolute atomic E-state index is 0.0888. The Labute approximate surface area is 105 Å². The molecule has 0 atom stereocenters. The van der Waals surface area contributed by atoms with Crippen LogP contribution in [-0.4, -0.2) is 10.5 Å². The van der Waals surface area contributed by atoms with Crippen LogP contribution < -0.4 is 5.32 Å². The van der Waals surface area contributed by atoms with Gasteiger partial charge in [0, 0.05) is 26.0 Å². The minimum Gasteiger partial charge on any atom is -0.357 e. The highest BCUT2D eigenvalue weighted by molar-refractivity contribution is 5.94. The van der Waals surface area contributed by atoms with Crippen molar-refractivity contribution in [2.24, 2.45) is 7.05 Å². The van der Waals surface area contributed by atoms with E-state index in [2.05, 4.69) is 5.32 Å². The van der Waals surface area contributed by atoms with Gasteiger partial charge in [-0.1, -0.05) is 11.6 Å². The Hall–Kier alpha value is -2.10. The van der Waals surface area contributed by atoms with E-state index in [0.29, 0.717) is 6.54 Å². The highest BCUT2D eigenvalue weighted by Crippen LogP contribution is 2.10. The van der Waals surface area contributed by atoms with E-state index >= 15 is 0 Å². The lowest BCUT2D eigenvalue weighted by Crippen LogP contribution is -2.23. The fraction of sp³-hybridized carbons (Fsp3) is 0.214. The van der Waals surface area contributed by atoms with Crippen molar-refractivity contribution in [2.45, 2.75) is 13.5 Å². The van der Waals surface area contributed by atoms with Gasteiger partial charge >= 0.3 is 0 Å². The molecule has 4 heteroatoms. The summed E-state index contributed by atoms with van der Waals surface area (Å²) < 4.78 is 15.4. The second kappa shape index (κ2) is 5.04. The van der Waals surface area contributed by atoms with E-state index in [-0.39, 0.29) is 11.5 Å². The molecule has 1 aromatic heterocycles. The number of nitrogens with zero attached hydrogens (tertiary/aromatic N) is 1. The predicted octanol–water partition coefficient (Wildman–Crippen LogP) is 2.40. The van der Waals surface area contributed by atoms with E-state index in [0.717, 1.165) is 11.1 Å². The SMILES string of the molecule is Cc1ccc(F)c(C(=O)NCc2ccn(C)c2)c1. The molecule has 0 saturated heterocycles. The maximum atomic E-state index is 13.5. The van der Waals surface area contributed by atoms with Crippen LogP contribution in [0.2, 0.25) is 0 Å². The molecule has 2 aromatic rings. The molecule has 3 nitrogen and oxygen atoms in total. The van der Waals surface area contributed by atoms with Crippen LogP contribution >= 0.6 is 0 Å². The standard InChI is InChI=1S/C14H15FN2O/c1-10-3-4-13(15)12(7-10)14(18)16-8-11-5-6-17(2)9-11/h3-7,9H,8H2,1-2H3,(H,16,18). The molecule has 0 aliphatic rings. The number of aromatic nitrogens is 1. The van der Waals surface area contributed by atoms with Crippen molar-refractivity contribution in [2.75, 3.05) is 0 Å². The second-order valence-corrected chi connectivity index (χ2v) is 4.35. The number of aryl methyl sites for hydroxylation is 2. The topological polar surface area (TPSA) is 34.0 Å². The second-order valence-electron chi connectivity index (χ2n) is 4.35. The van der Waals surface area contributed by atoms with Crippen LogP contribution in [0.15, 0.2) is 36.7 Å². The molecule has 1 N–H and O–H groups in total. The van der Waals surface area contributed by atoms with Crippen molar-refractivity contribution in [3.63, 3.8) is 0 Å². The van der Waals surface area contributed by atoms with Gasteiger partial charge in [-0.05, 0) is 30.7 Å². The smallest absolute Gasteiger partial charge is 0.254 e. The summed E-state index contributed by atoms with van der Waals surface area (Å²) in [5, 5.41) is 2.70. The summed E-state index contributed by atoms with van der Waals surface area (Å²) in [7, 11) is 1.91. The Morgan fingerprint density at radius 2 is 2.17 bits per heavy atom. The molecule has 2 rings (SSSR count). The number of benzene rings is 1. The van der Waals surface area contributed by atoms with Crippen molar-refractivity contribution >= 4 is 5.91 Å². The van der Waals surface area contributed by atoms with Crippen LogP contribution in [0.4, 0.5) is 4.39 Å². The van der Waals surface area contributed by atoms with Crippen LogP contribution in [0, 0.1) is 12.7 Å². The molecular weight excluding hydrogens is 231 g/mol. The number of rotatable bonds is 3. The lowest BCUT2D eigenvalue weighted by atomic mass is 10.1. The Balaban J connectivity index is 2.05. The largest absolute Gasteiger partial charge is 0.357 e. The number of amides is 1. The zero-order chi connectivity index (χ0) is 13.1. The third-order valence-corrected chi connectivity index (χ3v) is 2.71. The Kier molecular flexibility index (Phi) is 3.46. The normalized spacial score (nSPS) is 10.4. The number of hydrogen-bond donors (Lipinski definition) is 1. The fourth-order valence-electron chi connectivity index (χ4n) is 1.76. The summed E-state index contributed by atoms with van der Waals surface area (Å²) in [6, 6.07) is 6.42. The number of nitrogens with one attached hydrogen (secondary N) is 1. The molecular formula is C14H15FN2O.